The zero-order chi connectivity index (χ0) is 19.3. The maximum atomic E-state index is 12.6. The van der Waals surface area contributed by atoms with Gasteiger partial charge in [-0.05, 0) is 62.3 Å². The van der Waals surface area contributed by atoms with E-state index in [-0.39, 0.29) is 10.5 Å². The molecule has 27 heavy (non-hydrogen) atoms. The molecule has 144 valence electrons. The van der Waals surface area contributed by atoms with Gasteiger partial charge in [0, 0.05) is 35.2 Å². The Hall–Kier alpha value is -2.08. The molecule has 4 rings (SSSR count). The molecule has 6 heteroatoms. The summed E-state index contributed by atoms with van der Waals surface area (Å²) in [7, 11) is -3.34. The fraction of sp³-hybridized carbons (Fsp3) is 0.476. The number of rotatable bonds is 5. The molecule has 2 aromatic rings. The average Bonchev–Trinajstić information content (AvgIpc) is 3.35. The first-order valence-electron chi connectivity index (χ1n) is 9.44. The predicted octanol–water partition coefficient (Wildman–Crippen LogP) is 3.21. The van der Waals surface area contributed by atoms with Crippen LogP contribution in [0.15, 0.2) is 34.0 Å². The van der Waals surface area contributed by atoms with Crippen molar-refractivity contribution in [2.45, 2.75) is 44.6 Å². The van der Waals surface area contributed by atoms with Crippen molar-refractivity contribution in [2.24, 2.45) is 11.8 Å². The number of pyridine rings is 1. The van der Waals surface area contributed by atoms with Crippen LogP contribution in [0.3, 0.4) is 0 Å². The summed E-state index contributed by atoms with van der Waals surface area (Å²) in [6, 6.07) is 6.94. The SMILES string of the molecule is Cc1cc(-c2cc(S(C)(=O)=O)ccc2OCC2CC2)c2n(c1=O)C[C@@H](C)C2. The summed E-state index contributed by atoms with van der Waals surface area (Å²) in [5.41, 5.74) is 3.35. The van der Waals surface area contributed by atoms with E-state index in [0.717, 1.165) is 23.2 Å². The van der Waals surface area contributed by atoms with E-state index >= 15 is 0 Å². The molecule has 1 aromatic heterocycles. The molecule has 1 fully saturated rings. The average molecular weight is 388 g/mol. The van der Waals surface area contributed by atoms with E-state index in [4.69, 9.17) is 4.74 Å². The van der Waals surface area contributed by atoms with Gasteiger partial charge in [-0.15, -0.1) is 0 Å². The van der Waals surface area contributed by atoms with Crippen LogP contribution in [-0.4, -0.2) is 25.8 Å². The zero-order valence-corrected chi connectivity index (χ0v) is 16.8. The lowest BCUT2D eigenvalue weighted by atomic mass is 9.98. The van der Waals surface area contributed by atoms with E-state index in [0.29, 0.717) is 36.3 Å². The molecule has 2 heterocycles. The van der Waals surface area contributed by atoms with E-state index < -0.39 is 9.84 Å². The van der Waals surface area contributed by atoms with Crippen molar-refractivity contribution in [3.63, 3.8) is 0 Å². The Morgan fingerprint density at radius 1 is 1.19 bits per heavy atom. The quantitative estimate of drug-likeness (QED) is 0.790. The third kappa shape index (κ3) is 3.55. The van der Waals surface area contributed by atoms with Gasteiger partial charge < -0.3 is 9.30 Å². The van der Waals surface area contributed by atoms with E-state index in [1.165, 1.54) is 19.1 Å². The number of sulfone groups is 1. The van der Waals surface area contributed by atoms with Gasteiger partial charge in [0.05, 0.1) is 11.5 Å². The number of aryl methyl sites for hydroxylation is 1. The number of ether oxygens (including phenoxy) is 1. The minimum atomic E-state index is -3.34. The third-order valence-electron chi connectivity index (χ3n) is 5.46. The Balaban J connectivity index is 1.90. The molecule has 5 nitrogen and oxygen atoms in total. The van der Waals surface area contributed by atoms with Gasteiger partial charge in [0.1, 0.15) is 5.75 Å². The molecular weight excluding hydrogens is 362 g/mol. The maximum Gasteiger partial charge on any atom is 0.253 e. The van der Waals surface area contributed by atoms with Crippen LogP contribution in [0.25, 0.3) is 11.1 Å². The first-order chi connectivity index (χ1) is 12.7. The van der Waals surface area contributed by atoms with Gasteiger partial charge in [-0.2, -0.15) is 0 Å². The molecule has 0 unspecified atom stereocenters. The summed E-state index contributed by atoms with van der Waals surface area (Å²) in [6.07, 6.45) is 4.38. The van der Waals surface area contributed by atoms with Crippen molar-refractivity contribution in [1.82, 2.24) is 4.57 Å². The maximum absolute atomic E-state index is 12.6. The Kier molecular flexibility index (Phi) is 4.41. The van der Waals surface area contributed by atoms with E-state index in [9.17, 15) is 13.2 Å². The fourth-order valence-electron chi connectivity index (χ4n) is 3.76. The van der Waals surface area contributed by atoms with Crippen LogP contribution in [0.1, 0.15) is 31.0 Å². The van der Waals surface area contributed by atoms with Crippen molar-refractivity contribution in [3.05, 3.63) is 45.9 Å². The van der Waals surface area contributed by atoms with Crippen molar-refractivity contribution in [2.75, 3.05) is 12.9 Å². The standard InChI is InChI=1S/C21H25NO4S/c1-13-8-19-17(9-14(2)21(23)22(19)11-13)18-10-16(27(3,24)25)6-7-20(18)26-12-15-4-5-15/h6-7,9-10,13,15H,4-5,8,11-12H2,1-3H3/t13-/m0/s1. The fourth-order valence-corrected chi connectivity index (χ4v) is 4.41. The lowest BCUT2D eigenvalue weighted by molar-refractivity contribution is 0.301. The molecular formula is C21H25NO4S. The molecule has 1 atom stereocenters. The predicted molar refractivity (Wildman–Crippen MR) is 105 cm³/mol. The molecule has 0 amide bonds. The third-order valence-corrected chi connectivity index (χ3v) is 6.57. The van der Waals surface area contributed by atoms with Crippen molar-refractivity contribution < 1.29 is 13.2 Å². The lowest BCUT2D eigenvalue weighted by Crippen LogP contribution is -2.22. The van der Waals surface area contributed by atoms with Crippen molar-refractivity contribution in [3.8, 4) is 16.9 Å². The van der Waals surface area contributed by atoms with Gasteiger partial charge in [0.25, 0.3) is 5.56 Å². The number of fused-ring (bicyclic) bond motifs is 1. The second-order valence-electron chi connectivity index (χ2n) is 8.10. The van der Waals surface area contributed by atoms with Gasteiger partial charge >= 0.3 is 0 Å². The van der Waals surface area contributed by atoms with Gasteiger partial charge in [-0.25, -0.2) is 8.42 Å². The smallest absolute Gasteiger partial charge is 0.253 e. The number of aromatic nitrogens is 1. The van der Waals surface area contributed by atoms with Gasteiger partial charge in [0.2, 0.25) is 0 Å². The Labute approximate surface area is 159 Å². The summed E-state index contributed by atoms with van der Waals surface area (Å²) in [5.74, 6) is 1.67. The normalized spacial score (nSPS) is 19.1. The molecule has 0 bridgehead atoms. The molecule has 1 aliphatic carbocycles. The van der Waals surface area contributed by atoms with Crippen molar-refractivity contribution >= 4 is 9.84 Å². The van der Waals surface area contributed by atoms with Crippen LogP contribution >= 0.6 is 0 Å². The van der Waals surface area contributed by atoms with Crippen LogP contribution in [-0.2, 0) is 22.8 Å². The molecule has 1 saturated carbocycles. The van der Waals surface area contributed by atoms with Crippen molar-refractivity contribution in [1.29, 1.82) is 0 Å². The minimum Gasteiger partial charge on any atom is -0.493 e. The largest absolute Gasteiger partial charge is 0.493 e. The number of benzene rings is 1. The van der Waals surface area contributed by atoms with Crippen LogP contribution in [0.4, 0.5) is 0 Å². The van der Waals surface area contributed by atoms with E-state index in [1.807, 2.05) is 17.6 Å². The zero-order valence-electron chi connectivity index (χ0n) is 16.0. The molecule has 1 aromatic carbocycles. The highest BCUT2D eigenvalue weighted by Crippen LogP contribution is 2.38. The first-order valence-corrected chi connectivity index (χ1v) is 11.3. The highest BCUT2D eigenvalue weighted by atomic mass is 32.2. The summed E-state index contributed by atoms with van der Waals surface area (Å²) < 4.78 is 32.1. The lowest BCUT2D eigenvalue weighted by Gasteiger charge is -2.17. The molecule has 0 spiro atoms. The summed E-state index contributed by atoms with van der Waals surface area (Å²) >= 11 is 0. The van der Waals surface area contributed by atoms with Crippen LogP contribution in [0.2, 0.25) is 0 Å². The molecule has 0 radical (unpaired) electrons. The Morgan fingerprint density at radius 2 is 1.93 bits per heavy atom. The summed E-state index contributed by atoms with van der Waals surface area (Å²) in [6.45, 7) is 5.29. The van der Waals surface area contributed by atoms with Crippen LogP contribution in [0.5, 0.6) is 5.75 Å². The number of nitrogens with zero attached hydrogens (tertiary/aromatic N) is 1. The topological polar surface area (TPSA) is 65.4 Å². The number of hydrogen-bond acceptors (Lipinski definition) is 4. The highest BCUT2D eigenvalue weighted by Gasteiger charge is 2.27. The Morgan fingerprint density at radius 3 is 2.59 bits per heavy atom. The van der Waals surface area contributed by atoms with E-state index in [2.05, 4.69) is 6.92 Å². The summed E-state index contributed by atoms with van der Waals surface area (Å²) in [4.78, 5) is 12.8. The van der Waals surface area contributed by atoms with Crippen LogP contribution < -0.4 is 10.3 Å². The van der Waals surface area contributed by atoms with Gasteiger partial charge in [0.15, 0.2) is 9.84 Å². The van der Waals surface area contributed by atoms with Gasteiger partial charge in [-0.1, -0.05) is 6.92 Å². The minimum absolute atomic E-state index is 0.0396. The van der Waals surface area contributed by atoms with Gasteiger partial charge in [-0.3, -0.25) is 4.79 Å². The molecule has 0 saturated heterocycles. The highest BCUT2D eigenvalue weighted by molar-refractivity contribution is 7.90. The summed E-state index contributed by atoms with van der Waals surface area (Å²) in [5, 5.41) is 0. The monoisotopic (exact) mass is 387 g/mol. The Bertz CT molecular complexity index is 1060. The molecule has 0 N–H and O–H groups in total. The second-order valence-corrected chi connectivity index (χ2v) is 10.1. The van der Waals surface area contributed by atoms with Crippen LogP contribution in [0, 0.1) is 18.8 Å². The number of hydrogen-bond donors (Lipinski definition) is 0. The first kappa shape index (κ1) is 18.3. The van der Waals surface area contributed by atoms with E-state index in [1.54, 1.807) is 18.2 Å². The second kappa shape index (κ2) is 6.51. The molecule has 2 aliphatic rings. The molecule has 1 aliphatic heterocycles.